The summed E-state index contributed by atoms with van der Waals surface area (Å²) in [6.07, 6.45) is 6.21. The number of amides is 1. The molecule has 0 atom stereocenters. The smallest absolute Gasteiger partial charge is 0.259 e. The number of nitrogens with zero attached hydrogens (tertiary/aromatic N) is 3. The molecule has 1 aliphatic carbocycles. The standard InChI is InChI=1S/C23H28N4O3/c1-3-30-13-15-11-26(12-15)23(29)17-9-18-20(8-14(17)2)25-22(28)19-10-24-27(21(18)19)16-6-4-5-7-16/h8-10,15-16H,3-7,11-13H2,1-2H3,(H,25,28). The second kappa shape index (κ2) is 7.54. The Morgan fingerprint density at radius 1 is 1.23 bits per heavy atom. The lowest BCUT2D eigenvalue weighted by molar-refractivity contribution is 0.0177. The summed E-state index contributed by atoms with van der Waals surface area (Å²) >= 11 is 0. The van der Waals surface area contributed by atoms with E-state index in [0.717, 1.165) is 47.9 Å². The van der Waals surface area contributed by atoms with Crippen LogP contribution in [-0.2, 0) is 4.74 Å². The van der Waals surface area contributed by atoms with Gasteiger partial charge in [-0.25, -0.2) is 0 Å². The summed E-state index contributed by atoms with van der Waals surface area (Å²) in [5.41, 5.74) is 3.07. The van der Waals surface area contributed by atoms with E-state index in [1.165, 1.54) is 12.8 Å². The van der Waals surface area contributed by atoms with Crippen LogP contribution >= 0.6 is 0 Å². The minimum absolute atomic E-state index is 0.0495. The molecule has 0 spiro atoms. The van der Waals surface area contributed by atoms with E-state index >= 15 is 0 Å². The lowest BCUT2D eigenvalue weighted by Gasteiger charge is -2.39. The zero-order valence-electron chi connectivity index (χ0n) is 17.6. The number of aryl methyl sites for hydroxylation is 1. The van der Waals surface area contributed by atoms with Gasteiger partial charge in [-0.05, 0) is 44.4 Å². The first-order chi connectivity index (χ1) is 14.6. The normalized spacial score (nSPS) is 17.9. The quantitative estimate of drug-likeness (QED) is 0.702. The zero-order chi connectivity index (χ0) is 20.8. The average Bonchev–Trinajstić information content (AvgIpc) is 3.36. The van der Waals surface area contributed by atoms with Crippen LogP contribution in [0.15, 0.2) is 23.1 Å². The van der Waals surface area contributed by atoms with E-state index in [2.05, 4.69) is 10.1 Å². The number of aromatic nitrogens is 3. The Labute approximate surface area is 175 Å². The van der Waals surface area contributed by atoms with Crippen LogP contribution in [0.4, 0.5) is 0 Å². The molecule has 1 aromatic carbocycles. The fraction of sp³-hybridized carbons (Fsp3) is 0.522. The Kier molecular flexibility index (Phi) is 4.85. The SMILES string of the molecule is CCOCC1CN(C(=O)c2cc3c(cc2C)[nH]c(=O)c2cnn(C4CCCC4)c23)C1. The van der Waals surface area contributed by atoms with Gasteiger partial charge in [0.1, 0.15) is 0 Å². The Hall–Kier alpha value is -2.67. The lowest BCUT2D eigenvalue weighted by atomic mass is 9.97. The number of aromatic amines is 1. The highest BCUT2D eigenvalue weighted by Gasteiger charge is 2.32. The van der Waals surface area contributed by atoms with Gasteiger partial charge in [0, 0.05) is 36.6 Å². The maximum atomic E-state index is 13.2. The van der Waals surface area contributed by atoms with E-state index in [0.29, 0.717) is 36.1 Å². The first-order valence-electron chi connectivity index (χ1n) is 11.0. The summed E-state index contributed by atoms with van der Waals surface area (Å²) in [6.45, 7) is 6.80. The van der Waals surface area contributed by atoms with Crippen molar-refractivity contribution < 1.29 is 9.53 Å². The number of carbonyl (C=O) groups is 1. The summed E-state index contributed by atoms with van der Waals surface area (Å²) in [6, 6.07) is 4.20. The van der Waals surface area contributed by atoms with Crippen molar-refractivity contribution in [1.29, 1.82) is 0 Å². The zero-order valence-corrected chi connectivity index (χ0v) is 17.6. The molecule has 3 aromatic rings. The summed E-state index contributed by atoms with van der Waals surface area (Å²) in [5, 5.41) is 6.07. The molecule has 5 rings (SSSR count). The van der Waals surface area contributed by atoms with Crippen molar-refractivity contribution in [2.75, 3.05) is 26.3 Å². The van der Waals surface area contributed by atoms with E-state index in [4.69, 9.17) is 4.74 Å². The average molecular weight is 409 g/mol. The molecule has 7 heteroatoms. The minimum atomic E-state index is -0.123. The van der Waals surface area contributed by atoms with E-state index in [9.17, 15) is 9.59 Å². The summed E-state index contributed by atoms with van der Waals surface area (Å²) in [4.78, 5) is 30.7. The molecule has 3 heterocycles. The molecule has 1 saturated heterocycles. The number of rotatable bonds is 5. The van der Waals surface area contributed by atoms with Crippen molar-refractivity contribution in [2.45, 2.75) is 45.6 Å². The first-order valence-corrected chi connectivity index (χ1v) is 11.0. The molecule has 7 nitrogen and oxygen atoms in total. The molecule has 0 radical (unpaired) electrons. The molecule has 1 amide bonds. The largest absolute Gasteiger partial charge is 0.381 e. The van der Waals surface area contributed by atoms with Gasteiger partial charge in [-0.1, -0.05) is 12.8 Å². The predicted octanol–water partition coefficient (Wildman–Crippen LogP) is 3.41. The number of hydrogen-bond acceptors (Lipinski definition) is 4. The second-order valence-electron chi connectivity index (χ2n) is 8.69. The van der Waals surface area contributed by atoms with Crippen LogP contribution in [0, 0.1) is 12.8 Å². The van der Waals surface area contributed by atoms with E-state index in [1.54, 1.807) is 6.20 Å². The number of likely N-dealkylation sites (tertiary alicyclic amines) is 1. The molecule has 2 fully saturated rings. The molecule has 2 aromatic heterocycles. The van der Waals surface area contributed by atoms with Gasteiger partial charge < -0.3 is 14.6 Å². The Bertz CT molecular complexity index is 1170. The second-order valence-corrected chi connectivity index (χ2v) is 8.69. The number of benzene rings is 1. The molecule has 30 heavy (non-hydrogen) atoms. The van der Waals surface area contributed by atoms with Crippen LogP contribution in [0.3, 0.4) is 0 Å². The van der Waals surface area contributed by atoms with Crippen molar-refractivity contribution in [3.05, 3.63) is 39.8 Å². The fourth-order valence-corrected chi connectivity index (χ4v) is 4.95. The van der Waals surface area contributed by atoms with Gasteiger partial charge in [-0.15, -0.1) is 0 Å². The molecular weight excluding hydrogens is 380 g/mol. The van der Waals surface area contributed by atoms with Gasteiger partial charge in [0.15, 0.2) is 0 Å². The van der Waals surface area contributed by atoms with Crippen LogP contribution < -0.4 is 5.56 Å². The number of H-pyrrole nitrogens is 1. The van der Waals surface area contributed by atoms with Crippen LogP contribution in [0.25, 0.3) is 21.8 Å². The van der Waals surface area contributed by atoms with Gasteiger partial charge in [0.2, 0.25) is 0 Å². The highest BCUT2D eigenvalue weighted by molar-refractivity contribution is 6.07. The molecule has 0 unspecified atom stereocenters. The van der Waals surface area contributed by atoms with E-state index in [1.807, 2.05) is 35.6 Å². The van der Waals surface area contributed by atoms with Crippen molar-refractivity contribution >= 4 is 27.7 Å². The number of pyridine rings is 1. The van der Waals surface area contributed by atoms with E-state index < -0.39 is 0 Å². The number of nitrogens with one attached hydrogen (secondary N) is 1. The van der Waals surface area contributed by atoms with Gasteiger partial charge in [0.25, 0.3) is 11.5 Å². The number of hydrogen-bond donors (Lipinski definition) is 1. The van der Waals surface area contributed by atoms with Crippen molar-refractivity contribution in [3.8, 4) is 0 Å². The number of fused-ring (bicyclic) bond motifs is 3. The van der Waals surface area contributed by atoms with Crippen molar-refractivity contribution in [3.63, 3.8) is 0 Å². The van der Waals surface area contributed by atoms with Crippen molar-refractivity contribution in [1.82, 2.24) is 19.7 Å². The van der Waals surface area contributed by atoms with Crippen molar-refractivity contribution in [2.24, 2.45) is 5.92 Å². The Morgan fingerprint density at radius 3 is 2.73 bits per heavy atom. The first kappa shape index (κ1) is 19.3. The maximum absolute atomic E-state index is 13.2. The molecular formula is C23H28N4O3. The van der Waals surface area contributed by atoms with Gasteiger partial charge in [-0.3, -0.25) is 14.3 Å². The van der Waals surface area contributed by atoms with Crippen LogP contribution in [0.2, 0.25) is 0 Å². The van der Waals surface area contributed by atoms with Crippen LogP contribution in [0.5, 0.6) is 0 Å². The third-order valence-electron chi connectivity index (χ3n) is 6.61. The summed E-state index contributed by atoms with van der Waals surface area (Å²) < 4.78 is 7.50. The molecule has 0 bridgehead atoms. The number of carbonyl (C=O) groups excluding carboxylic acids is 1. The lowest BCUT2D eigenvalue weighted by Crippen LogP contribution is -2.51. The fourth-order valence-electron chi connectivity index (χ4n) is 4.95. The summed E-state index contributed by atoms with van der Waals surface area (Å²) in [7, 11) is 0. The molecule has 1 N–H and O–H groups in total. The van der Waals surface area contributed by atoms with Gasteiger partial charge in [0.05, 0.1) is 35.3 Å². The number of ether oxygens (including phenoxy) is 1. The van der Waals surface area contributed by atoms with Gasteiger partial charge in [-0.2, -0.15) is 5.10 Å². The highest BCUT2D eigenvalue weighted by Crippen LogP contribution is 2.34. The third-order valence-corrected chi connectivity index (χ3v) is 6.61. The molecule has 158 valence electrons. The molecule has 1 aliphatic heterocycles. The molecule has 2 aliphatic rings. The highest BCUT2D eigenvalue weighted by atomic mass is 16.5. The maximum Gasteiger partial charge on any atom is 0.259 e. The molecule has 1 saturated carbocycles. The summed E-state index contributed by atoms with van der Waals surface area (Å²) in [5.74, 6) is 0.468. The topological polar surface area (TPSA) is 80.2 Å². The van der Waals surface area contributed by atoms with Crippen LogP contribution in [0.1, 0.15) is 54.6 Å². The minimum Gasteiger partial charge on any atom is -0.381 e. The monoisotopic (exact) mass is 408 g/mol. The predicted molar refractivity (Wildman–Crippen MR) is 116 cm³/mol. The Morgan fingerprint density at radius 2 is 2.00 bits per heavy atom. The van der Waals surface area contributed by atoms with E-state index in [-0.39, 0.29) is 11.5 Å². The van der Waals surface area contributed by atoms with Crippen LogP contribution in [-0.4, -0.2) is 51.9 Å². The third kappa shape index (κ3) is 3.12. The Balaban J connectivity index is 1.56. The van der Waals surface area contributed by atoms with Gasteiger partial charge >= 0.3 is 0 Å².